The lowest BCUT2D eigenvalue weighted by molar-refractivity contribution is -0.388. The third-order valence-electron chi connectivity index (χ3n) is 1.47. The topological polar surface area (TPSA) is 94.1 Å². The van der Waals surface area contributed by atoms with Gasteiger partial charge in [-0.25, -0.2) is 10.8 Å². The summed E-state index contributed by atoms with van der Waals surface area (Å²) in [5, 5.41) is 11.0. The lowest BCUT2D eigenvalue weighted by Crippen LogP contribution is -2.09. The monoisotopic (exact) mass is 214 g/mol. The van der Waals surface area contributed by atoms with E-state index in [-0.39, 0.29) is 5.69 Å². The SMILES string of the molecule is CCSc1nc(NN)ccc1[N+](=O)[O-]. The maximum absolute atomic E-state index is 10.6. The molecule has 7 heteroatoms. The van der Waals surface area contributed by atoms with Gasteiger partial charge in [0, 0.05) is 6.07 Å². The molecule has 0 bridgehead atoms. The first-order valence-electron chi connectivity index (χ1n) is 3.94. The summed E-state index contributed by atoms with van der Waals surface area (Å²) in [6, 6.07) is 2.86. The van der Waals surface area contributed by atoms with Crippen molar-refractivity contribution in [1.29, 1.82) is 0 Å². The first kappa shape index (κ1) is 10.7. The van der Waals surface area contributed by atoms with Gasteiger partial charge in [-0.15, -0.1) is 0 Å². The normalized spacial score (nSPS) is 9.86. The van der Waals surface area contributed by atoms with Crippen LogP contribution < -0.4 is 11.3 Å². The van der Waals surface area contributed by atoms with E-state index in [4.69, 9.17) is 5.84 Å². The zero-order chi connectivity index (χ0) is 10.6. The molecule has 0 unspecified atom stereocenters. The van der Waals surface area contributed by atoms with Gasteiger partial charge in [0.05, 0.1) is 4.92 Å². The molecular weight excluding hydrogens is 204 g/mol. The molecule has 0 fully saturated rings. The molecule has 0 aromatic carbocycles. The van der Waals surface area contributed by atoms with Crippen molar-refractivity contribution in [2.75, 3.05) is 11.2 Å². The molecule has 1 rings (SSSR count). The van der Waals surface area contributed by atoms with Gasteiger partial charge in [0.1, 0.15) is 5.82 Å². The van der Waals surface area contributed by atoms with E-state index in [0.717, 1.165) is 5.75 Å². The molecule has 6 nitrogen and oxygen atoms in total. The fourth-order valence-electron chi connectivity index (χ4n) is 0.895. The van der Waals surface area contributed by atoms with Crippen molar-refractivity contribution in [2.45, 2.75) is 11.9 Å². The summed E-state index contributed by atoms with van der Waals surface area (Å²) in [6.07, 6.45) is 0. The van der Waals surface area contributed by atoms with Crippen LogP contribution in [0.4, 0.5) is 11.5 Å². The maximum Gasteiger partial charge on any atom is 0.301 e. The molecule has 0 radical (unpaired) electrons. The predicted molar refractivity (Wildman–Crippen MR) is 55.1 cm³/mol. The van der Waals surface area contributed by atoms with Crippen LogP contribution in [-0.4, -0.2) is 15.7 Å². The van der Waals surface area contributed by atoms with Gasteiger partial charge in [-0.3, -0.25) is 10.1 Å². The van der Waals surface area contributed by atoms with Crippen LogP contribution in [0.3, 0.4) is 0 Å². The van der Waals surface area contributed by atoms with Crippen LogP contribution in [0.2, 0.25) is 0 Å². The van der Waals surface area contributed by atoms with E-state index in [0.29, 0.717) is 10.8 Å². The Kier molecular flexibility index (Phi) is 3.66. The van der Waals surface area contributed by atoms with Crippen molar-refractivity contribution in [2.24, 2.45) is 5.84 Å². The molecule has 0 saturated carbocycles. The summed E-state index contributed by atoms with van der Waals surface area (Å²) >= 11 is 1.31. The minimum atomic E-state index is -0.453. The Morgan fingerprint density at radius 3 is 2.93 bits per heavy atom. The van der Waals surface area contributed by atoms with Crippen LogP contribution in [0, 0.1) is 10.1 Å². The summed E-state index contributed by atoms with van der Waals surface area (Å²) in [5.74, 6) is 6.30. The van der Waals surface area contributed by atoms with Gasteiger partial charge in [0.25, 0.3) is 0 Å². The summed E-state index contributed by atoms with van der Waals surface area (Å²) in [7, 11) is 0. The number of nitrogens with one attached hydrogen (secondary N) is 1. The van der Waals surface area contributed by atoms with Crippen molar-refractivity contribution < 1.29 is 4.92 Å². The number of nitro groups is 1. The highest BCUT2D eigenvalue weighted by Crippen LogP contribution is 2.27. The number of nitrogens with two attached hydrogens (primary N) is 1. The Bertz CT molecular complexity index is 344. The molecule has 0 spiro atoms. The quantitative estimate of drug-likeness (QED) is 0.340. The summed E-state index contributed by atoms with van der Waals surface area (Å²) in [4.78, 5) is 14.1. The number of nitrogen functional groups attached to an aromatic ring is 1. The molecule has 1 aromatic rings. The Hall–Kier alpha value is -1.34. The average Bonchev–Trinajstić information content (AvgIpc) is 2.17. The van der Waals surface area contributed by atoms with E-state index in [1.807, 2.05) is 6.92 Å². The molecule has 3 N–H and O–H groups in total. The van der Waals surface area contributed by atoms with Crippen LogP contribution in [0.15, 0.2) is 17.2 Å². The molecule has 1 aromatic heterocycles. The lowest BCUT2D eigenvalue weighted by atomic mass is 10.4. The maximum atomic E-state index is 10.6. The highest BCUT2D eigenvalue weighted by atomic mass is 32.2. The fourth-order valence-corrected chi connectivity index (χ4v) is 1.62. The van der Waals surface area contributed by atoms with Crippen LogP contribution >= 0.6 is 11.8 Å². The van der Waals surface area contributed by atoms with Gasteiger partial charge in [-0.05, 0) is 11.8 Å². The summed E-state index contributed by atoms with van der Waals surface area (Å²) in [5.41, 5.74) is 2.35. The van der Waals surface area contributed by atoms with Crippen LogP contribution in [0.5, 0.6) is 0 Å². The average molecular weight is 214 g/mol. The number of hydrogen-bond donors (Lipinski definition) is 2. The van der Waals surface area contributed by atoms with Crippen molar-refractivity contribution in [1.82, 2.24) is 4.98 Å². The molecule has 0 atom stereocenters. The van der Waals surface area contributed by atoms with Gasteiger partial charge in [-0.1, -0.05) is 18.7 Å². The Morgan fingerprint density at radius 2 is 2.43 bits per heavy atom. The number of pyridine rings is 1. The van der Waals surface area contributed by atoms with Crippen molar-refractivity contribution >= 4 is 23.3 Å². The molecule has 0 aliphatic carbocycles. The second-order valence-corrected chi connectivity index (χ2v) is 3.61. The van der Waals surface area contributed by atoms with E-state index in [9.17, 15) is 10.1 Å². The predicted octanol–water partition coefficient (Wildman–Crippen LogP) is 1.39. The van der Waals surface area contributed by atoms with Crippen molar-refractivity contribution in [3.05, 3.63) is 22.2 Å². The standard InChI is InChI=1S/C7H10N4O2S/c1-2-14-7-5(11(12)13)3-4-6(9-7)10-8/h3-4H,2,8H2,1H3,(H,9,10). The van der Waals surface area contributed by atoms with Gasteiger partial charge in [-0.2, -0.15) is 0 Å². The second kappa shape index (κ2) is 4.77. The Balaban J connectivity index is 3.10. The van der Waals surface area contributed by atoms with E-state index >= 15 is 0 Å². The Morgan fingerprint density at radius 1 is 1.71 bits per heavy atom. The molecule has 0 saturated heterocycles. The Labute approximate surface area is 85.0 Å². The number of hydrogen-bond acceptors (Lipinski definition) is 6. The smallest absolute Gasteiger partial charge is 0.301 e. The number of anilines is 1. The second-order valence-electron chi connectivity index (χ2n) is 2.36. The number of aromatic nitrogens is 1. The first-order chi connectivity index (χ1) is 6.69. The number of thioether (sulfide) groups is 1. The largest absolute Gasteiger partial charge is 0.308 e. The van der Waals surface area contributed by atoms with Crippen LogP contribution in [-0.2, 0) is 0 Å². The van der Waals surface area contributed by atoms with Crippen molar-refractivity contribution in [3.63, 3.8) is 0 Å². The molecule has 0 amide bonds. The molecule has 0 aliphatic heterocycles. The third kappa shape index (κ3) is 2.33. The highest BCUT2D eigenvalue weighted by Gasteiger charge is 2.15. The molecule has 14 heavy (non-hydrogen) atoms. The van der Waals surface area contributed by atoms with Gasteiger partial charge in [0.15, 0.2) is 5.03 Å². The zero-order valence-corrected chi connectivity index (χ0v) is 8.37. The van der Waals surface area contributed by atoms with E-state index in [1.165, 1.54) is 23.9 Å². The molecule has 1 heterocycles. The third-order valence-corrected chi connectivity index (χ3v) is 2.33. The molecule has 76 valence electrons. The number of rotatable bonds is 4. The minimum Gasteiger partial charge on any atom is -0.308 e. The first-order valence-corrected chi connectivity index (χ1v) is 4.92. The zero-order valence-electron chi connectivity index (χ0n) is 7.56. The summed E-state index contributed by atoms with van der Waals surface area (Å²) < 4.78 is 0. The van der Waals surface area contributed by atoms with Crippen LogP contribution in [0.25, 0.3) is 0 Å². The van der Waals surface area contributed by atoms with E-state index in [1.54, 1.807) is 0 Å². The van der Waals surface area contributed by atoms with Crippen molar-refractivity contribution in [3.8, 4) is 0 Å². The fraction of sp³-hybridized carbons (Fsp3) is 0.286. The highest BCUT2D eigenvalue weighted by molar-refractivity contribution is 7.99. The van der Waals surface area contributed by atoms with Gasteiger partial charge >= 0.3 is 5.69 Å². The van der Waals surface area contributed by atoms with Crippen LogP contribution in [0.1, 0.15) is 6.92 Å². The number of hydrazine groups is 1. The lowest BCUT2D eigenvalue weighted by Gasteiger charge is -2.02. The van der Waals surface area contributed by atoms with Gasteiger partial charge < -0.3 is 5.43 Å². The van der Waals surface area contributed by atoms with E-state index in [2.05, 4.69) is 10.4 Å². The molecule has 0 aliphatic rings. The minimum absolute atomic E-state index is 0.0100. The molecular formula is C7H10N4O2S. The van der Waals surface area contributed by atoms with Gasteiger partial charge in [0.2, 0.25) is 0 Å². The number of nitrogens with zero attached hydrogens (tertiary/aromatic N) is 2. The van der Waals surface area contributed by atoms with E-state index < -0.39 is 4.92 Å². The summed E-state index contributed by atoms with van der Waals surface area (Å²) in [6.45, 7) is 1.90.